The normalized spacial score (nSPS) is 10.3. The van der Waals surface area contributed by atoms with Gasteiger partial charge in [0.1, 0.15) is 5.75 Å². The maximum Gasteiger partial charge on any atom is 0.243 e. The lowest BCUT2D eigenvalue weighted by Crippen LogP contribution is -2.17. The number of amides is 1. The van der Waals surface area contributed by atoms with Crippen LogP contribution in [-0.4, -0.2) is 17.7 Å². The molecule has 2 N–H and O–H groups in total. The van der Waals surface area contributed by atoms with Crippen molar-refractivity contribution in [2.24, 2.45) is 0 Å². The van der Waals surface area contributed by atoms with Crippen LogP contribution >= 0.6 is 23.2 Å². The Balaban J connectivity index is 2.09. The second-order valence-electron chi connectivity index (χ2n) is 4.12. The van der Waals surface area contributed by atoms with Crippen molar-refractivity contribution < 1.29 is 14.7 Å². The second-order valence-corrected chi connectivity index (χ2v) is 4.97. The fraction of sp³-hybridized carbons (Fsp3) is 0.462. The fourth-order valence-corrected chi connectivity index (χ4v) is 2.03. The molecule has 0 spiro atoms. The van der Waals surface area contributed by atoms with Gasteiger partial charge in [-0.2, -0.15) is 0 Å². The van der Waals surface area contributed by atoms with Crippen molar-refractivity contribution in [1.29, 1.82) is 0 Å². The Labute approximate surface area is 122 Å². The highest BCUT2D eigenvalue weighted by atomic mass is 35.5. The molecule has 0 heterocycles. The molecule has 6 heteroatoms. The minimum absolute atomic E-state index is 0.343. The summed E-state index contributed by atoms with van der Waals surface area (Å²) >= 11 is 11.7. The molecule has 0 saturated carbocycles. The zero-order valence-corrected chi connectivity index (χ0v) is 12.0. The first-order chi connectivity index (χ1) is 9.13. The minimum Gasteiger partial charge on any atom is -0.492 e. The van der Waals surface area contributed by atoms with Crippen LogP contribution in [0, 0.1) is 0 Å². The Morgan fingerprint density at radius 2 is 1.95 bits per heavy atom. The van der Waals surface area contributed by atoms with E-state index in [0.29, 0.717) is 28.8 Å². The van der Waals surface area contributed by atoms with Gasteiger partial charge in [0.2, 0.25) is 5.91 Å². The van der Waals surface area contributed by atoms with E-state index in [1.54, 1.807) is 23.7 Å². The summed E-state index contributed by atoms with van der Waals surface area (Å²) < 4.78 is 5.53. The van der Waals surface area contributed by atoms with Crippen molar-refractivity contribution in [2.75, 3.05) is 6.61 Å². The molecule has 1 aromatic rings. The van der Waals surface area contributed by atoms with Gasteiger partial charge in [0.25, 0.3) is 0 Å². The lowest BCUT2D eigenvalue weighted by Gasteiger charge is -2.08. The second kappa shape index (κ2) is 9.02. The van der Waals surface area contributed by atoms with E-state index in [4.69, 9.17) is 33.1 Å². The Kier molecular flexibility index (Phi) is 7.63. The summed E-state index contributed by atoms with van der Waals surface area (Å²) in [5, 5.41) is 9.40. The van der Waals surface area contributed by atoms with Crippen molar-refractivity contribution in [3.05, 3.63) is 28.2 Å². The van der Waals surface area contributed by atoms with E-state index in [2.05, 4.69) is 0 Å². The van der Waals surface area contributed by atoms with Gasteiger partial charge in [-0.15, -0.1) is 0 Å². The first-order valence-corrected chi connectivity index (χ1v) is 6.90. The third-order valence-corrected chi connectivity index (χ3v) is 3.10. The molecular weight excluding hydrogens is 289 g/mol. The number of rotatable bonds is 8. The van der Waals surface area contributed by atoms with Crippen molar-refractivity contribution >= 4 is 29.1 Å². The molecule has 1 rings (SSSR count). The SMILES string of the molecule is O=C(CCCCCCOc1ccc(Cl)cc1Cl)NO. The standard InChI is InChI=1S/C13H17Cl2NO3/c14-10-6-7-12(11(15)9-10)19-8-4-2-1-3-5-13(17)16-18/h6-7,9,18H,1-5,8H2,(H,16,17). The Morgan fingerprint density at radius 1 is 1.21 bits per heavy atom. The molecule has 106 valence electrons. The highest BCUT2D eigenvalue weighted by Crippen LogP contribution is 2.27. The number of benzene rings is 1. The molecule has 0 aromatic heterocycles. The molecule has 4 nitrogen and oxygen atoms in total. The lowest BCUT2D eigenvalue weighted by molar-refractivity contribution is -0.129. The Hall–Kier alpha value is -0.970. The van der Waals surface area contributed by atoms with Crippen LogP contribution in [-0.2, 0) is 4.79 Å². The van der Waals surface area contributed by atoms with Crippen LogP contribution in [0.3, 0.4) is 0 Å². The van der Waals surface area contributed by atoms with Gasteiger partial charge in [0.15, 0.2) is 0 Å². The average Bonchev–Trinajstić information content (AvgIpc) is 2.39. The molecule has 0 aliphatic heterocycles. The number of ether oxygens (including phenoxy) is 1. The molecular formula is C13H17Cl2NO3. The molecule has 0 saturated heterocycles. The van der Waals surface area contributed by atoms with Crippen molar-refractivity contribution in [3.8, 4) is 5.75 Å². The smallest absolute Gasteiger partial charge is 0.243 e. The van der Waals surface area contributed by atoms with Crippen molar-refractivity contribution in [3.63, 3.8) is 0 Å². The summed E-state index contributed by atoms with van der Waals surface area (Å²) in [4.78, 5) is 10.7. The molecule has 0 bridgehead atoms. The summed E-state index contributed by atoms with van der Waals surface area (Å²) in [7, 11) is 0. The van der Waals surface area contributed by atoms with Gasteiger partial charge in [0, 0.05) is 11.4 Å². The summed E-state index contributed by atoms with van der Waals surface area (Å²) in [6, 6.07) is 5.12. The van der Waals surface area contributed by atoms with E-state index < -0.39 is 0 Å². The summed E-state index contributed by atoms with van der Waals surface area (Å²) in [6.07, 6.45) is 3.88. The Bertz CT molecular complexity index is 413. The third kappa shape index (κ3) is 6.66. The molecule has 0 aliphatic rings. The largest absolute Gasteiger partial charge is 0.492 e. The van der Waals surface area contributed by atoms with E-state index in [0.717, 1.165) is 25.7 Å². The van der Waals surface area contributed by atoms with Crippen LogP contribution in [0.1, 0.15) is 32.1 Å². The molecule has 0 radical (unpaired) electrons. The van der Waals surface area contributed by atoms with E-state index in [-0.39, 0.29) is 5.91 Å². The summed E-state index contributed by atoms with van der Waals surface area (Å²) in [5.74, 6) is 0.287. The molecule has 0 atom stereocenters. The van der Waals surface area contributed by atoms with Gasteiger partial charge in [-0.05, 0) is 31.0 Å². The first-order valence-electron chi connectivity index (χ1n) is 6.14. The molecule has 1 aromatic carbocycles. The highest BCUT2D eigenvalue weighted by Gasteiger charge is 2.02. The molecule has 1 amide bonds. The number of hydrogen-bond acceptors (Lipinski definition) is 3. The zero-order valence-electron chi connectivity index (χ0n) is 10.5. The predicted molar refractivity (Wildman–Crippen MR) is 75.0 cm³/mol. The number of nitrogens with one attached hydrogen (secondary N) is 1. The lowest BCUT2D eigenvalue weighted by atomic mass is 10.1. The minimum atomic E-state index is -0.343. The topological polar surface area (TPSA) is 58.6 Å². The van der Waals surface area contributed by atoms with Gasteiger partial charge in [-0.3, -0.25) is 10.0 Å². The molecule has 0 aliphatic carbocycles. The van der Waals surface area contributed by atoms with Gasteiger partial charge in [-0.25, -0.2) is 5.48 Å². The monoisotopic (exact) mass is 305 g/mol. The van der Waals surface area contributed by atoms with Crippen LogP contribution in [0.4, 0.5) is 0 Å². The molecule has 19 heavy (non-hydrogen) atoms. The van der Waals surface area contributed by atoms with E-state index in [1.807, 2.05) is 0 Å². The summed E-state index contributed by atoms with van der Waals surface area (Å²) in [5.41, 5.74) is 1.61. The van der Waals surface area contributed by atoms with Crippen LogP contribution in [0.25, 0.3) is 0 Å². The number of carbonyl (C=O) groups excluding carboxylic acids is 1. The number of hydroxylamine groups is 1. The van der Waals surface area contributed by atoms with Crippen LogP contribution < -0.4 is 10.2 Å². The third-order valence-electron chi connectivity index (χ3n) is 2.57. The van der Waals surface area contributed by atoms with Gasteiger partial charge in [0.05, 0.1) is 11.6 Å². The Morgan fingerprint density at radius 3 is 2.63 bits per heavy atom. The maximum atomic E-state index is 10.7. The van der Waals surface area contributed by atoms with Crippen LogP contribution in [0.2, 0.25) is 10.0 Å². The number of unbranched alkanes of at least 4 members (excludes halogenated alkanes) is 3. The van der Waals surface area contributed by atoms with Crippen LogP contribution in [0.5, 0.6) is 5.75 Å². The predicted octanol–water partition coefficient (Wildman–Crippen LogP) is 3.83. The fourth-order valence-electron chi connectivity index (χ4n) is 1.57. The average molecular weight is 306 g/mol. The summed E-state index contributed by atoms with van der Waals surface area (Å²) in [6.45, 7) is 0.577. The maximum absolute atomic E-state index is 10.7. The highest BCUT2D eigenvalue weighted by molar-refractivity contribution is 6.35. The van der Waals surface area contributed by atoms with Gasteiger partial charge >= 0.3 is 0 Å². The molecule has 0 unspecified atom stereocenters. The van der Waals surface area contributed by atoms with Gasteiger partial charge in [-0.1, -0.05) is 36.0 Å². The number of carbonyl (C=O) groups is 1. The van der Waals surface area contributed by atoms with Gasteiger partial charge < -0.3 is 4.74 Å². The number of hydrogen-bond donors (Lipinski definition) is 2. The zero-order chi connectivity index (χ0) is 14.1. The van der Waals surface area contributed by atoms with Crippen molar-refractivity contribution in [1.82, 2.24) is 5.48 Å². The van der Waals surface area contributed by atoms with E-state index in [9.17, 15) is 4.79 Å². The van der Waals surface area contributed by atoms with E-state index >= 15 is 0 Å². The quantitative estimate of drug-likeness (QED) is 0.436. The van der Waals surface area contributed by atoms with E-state index in [1.165, 1.54) is 0 Å². The van der Waals surface area contributed by atoms with Crippen molar-refractivity contribution in [2.45, 2.75) is 32.1 Å². The number of halogens is 2. The first kappa shape index (κ1) is 16.1. The molecule has 0 fully saturated rings. The van der Waals surface area contributed by atoms with Crippen LogP contribution in [0.15, 0.2) is 18.2 Å².